The summed E-state index contributed by atoms with van der Waals surface area (Å²) in [5.41, 5.74) is 5.07. The molecule has 4 rings (SSSR count). The monoisotopic (exact) mass is 712 g/mol. The van der Waals surface area contributed by atoms with Crippen LogP contribution in [-0.4, -0.2) is 8.75 Å². The Kier molecular flexibility index (Phi) is 12.1. The molecular weight excluding hydrogens is 682 g/mol. The maximum Gasteiger partial charge on any atom is 0.188 e. The van der Waals surface area contributed by atoms with Crippen LogP contribution in [0.25, 0.3) is 33.3 Å². The maximum absolute atomic E-state index is 16.2. The van der Waals surface area contributed by atoms with Crippen LogP contribution in [-0.2, 0) is 12.8 Å². The van der Waals surface area contributed by atoms with Gasteiger partial charge in [-0.1, -0.05) is 88.8 Å². The van der Waals surface area contributed by atoms with Gasteiger partial charge in [-0.05, 0) is 92.4 Å². The van der Waals surface area contributed by atoms with Crippen molar-refractivity contribution in [3.05, 3.63) is 59.2 Å². The molecule has 0 atom stereocenters. The summed E-state index contributed by atoms with van der Waals surface area (Å²) in [5.74, 6) is -1.82. The molecule has 0 saturated carbocycles. The fourth-order valence-electron chi connectivity index (χ4n) is 5.08. The summed E-state index contributed by atoms with van der Waals surface area (Å²) in [6.45, 7) is 4.40. The number of rotatable bonds is 14. The first-order chi connectivity index (χ1) is 19.1. The molecular formula is C30H32Br2F2N2S3. The first kappa shape index (κ1) is 30.9. The third kappa shape index (κ3) is 6.91. The Morgan fingerprint density at radius 1 is 0.667 bits per heavy atom. The Morgan fingerprint density at radius 3 is 1.69 bits per heavy atom. The van der Waals surface area contributed by atoms with Crippen LogP contribution in [0.1, 0.15) is 76.3 Å². The molecule has 0 aliphatic rings. The number of hydrogen-bond acceptors (Lipinski definition) is 5. The molecule has 0 amide bonds. The Balaban J connectivity index is 1.94. The average molecular weight is 715 g/mol. The highest BCUT2D eigenvalue weighted by molar-refractivity contribution is 9.50. The second kappa shape index (κ2) is 15.3. The topological polar surface area (TPSA) is 25.8 Å². The highest BCUT2D eigenvalue weighted by Gasteiger charge is 2.28. The standard InChI is InChI=1S/C30H32Br2F2N2S3/c1-3-5-7-9-13-19-15-11-17-21(29(19)37-31)23-24(27-28(36-39-35-27)26(34)25(23)33)22-18-12-16-20(30(22)38-32)14-10-8-6-4-2/h11-12,15-18H,3-10,13-14H2,1-2H3. The van der Waals surface area contributed by atoms with Gasteiger partial charge in [0.1, 0.15) is 11.0 Å². The molecule has 4 aromatic rings. The van der Waals surface area contributed by atoms with E-state index in [9.17, 15) is 0 Å². The molecule has 0 aliphatic heterocycles. The van der Waals surface area contributed by atoms with Crippen LogP contribution in [0.2, 0.25) is 0 Å². The molecule has 0 fully saturated rings. The van der Waals surface area contributed by atoms with Gasteiger partial charge in [0, 0.05) is 26.5 Å². The Hall–Kier alpha value is -1.000. The van der Waals surface area contributed by atoms with E-state index in [4.69, 9.17) is 0 Å². The summed E-state index contributed by atoms with van der Waals surface area (Å²) in [7, 11) is 2.88. The van der Waals surface area contributed by atoms with Crippen LogP contribution >= 0.6 is 61.7 Å². The molecule has 0 aliphatic carbocycles. The summed E-state index contributed by atoms with van der Waals surface area (Å²) in [6, 6.07) is 12.1. The van der Waals surface area contributed by atoms with Crippen LogP contribution in [0, 0.1) is 11.6 Å². The number of fused-ring (bicyclic) bond motifs is 1. The Bertz CT molecular complexity index is 1410. The molecule has 0 unspecified atom stereocenters. The minimum Gasteiger partial charge on any atom is -0.203 e. The highest BCUT2D eigenvalue weighted by atomic mass is 79.9. The fourth-order valence-corrected chi connectivity index (χ4v) is 8.96. The van der Waals surface area contributed by atoms with Gasteiger partial charge in [0.2, 0.25) is 0 Å². The van der Waals surface area contributed by atoms with Crippen molar-refractivity contribution >= 4 is 72.8 Å². The Morgan fingerprint density at radius 2 is 1.18 bits per heavy atom. The third-order valence-corrected chi connectivity index (χ3v) is 10.8. The quantitative estimate of drug-likeness (QED) is 0.122. The van der Waals surface area contributed by atoms with Crippen LogP contribution in [0.3, 0.4) is 0 Å². The smallest absolute Gasteiger partial charge is 0.188 e. The van der Waals surface area contributed by atoms with Crippen LogP contribution < -0.4 is 0 Å². The lowest BCUT2D eigenvalue weighted by molar-refractivity contribution is 0.518. The minimum atomic E-state index is -0.944. The van der Waals surface area contributed by atoms with E-state index in [1.54, 1.807) is 0 Å². The van der Waals surface area contributed by atoms with Gasteiger partial charge >= 0.3 is 0 Å². The molecule has 0 radical (unpaired) electrons. The molecule has 3 aromatic carbocycles. The normalized spacial score (nSPS) is 11.5. The zero-order valence-electron chi connectivity index (χ0n) is 22.2. The number of aryl methyl sites for hydroxylation is 2. The van der Waals surface area contributed by atoms with Crippen molar-refractivity contribution in [1.29, 1.82) is 0 Å². The van der Waals surface area contributed by atoms with E-state index in [1.165, 1.54) is 58.1 Å². The molecule has 0 N–H and O–H groups in total. The second-order valence-electron chi connectivity index (χ2n) is 9.70. The molecule has 1 aromatic heterocycles. The van der Waals surface area contributed by atoms with E-state index in [0.29, 0.717) is 16.6 Å². The summed E-state index contributed by atoms with van der Waals surface area (Å²) in [5, 5.41) is 0. The van der Waals surface area contributed by atoms with Crippen molar-refractivity contribution in [3.63, 3.8) is 0 Å². The van der Waals surface area contributed by atoms with Gasteiger partial charge in [-0.3, -0.25) is 0 Å². The number of unbranched alkanes of at least 4 members (excludes halogenated alkanes) is 6. The fraction of sp³-hybridized carbons (Fsp3) is 0.400. The third-order valence-electron chi connectivity index (χ3n) is 7.08. The zero-order chi connectivity index (χ0) is 27.8. The van der Waals surface area contributed by atoms with E-state index in [2.05, 4.69) is 64.4 Å². The van der Waals surface area contributed by atoms with Gasteiger partial charge in [0.25, 0.3) is 0 Å². The first-order valence-electron chi connectivity index (χ1n) is 13.5. The lowest BCUT2D eigenvalue weighted by Crippen LogP contribution is -2.01. The summed E-state index contributed by atoms with van der Waals surface area (Å²) in [4.78, 5) is 1.93. The first-order valence-corrected chi connectivity index (χ1v) is 19.6. The molecule has 208 valence electrons. The molecule has 2 nitrogen and oxygen atoms in total. The van der Waals surface area contributed by atoms with Crippen LogP contribution in [0.5, 0.6) is 0 Å². The van der Waals surface area contributed by atoms with Gasteiger partial charge in [0.15, 0.2) is 11.6 Å². The van der Waals surface area contributed by atoms with E-state index < -0.39 is 11.6 Å². The van der Waals surface area contributed by atoms with Crippen molar-refractivity contribution in [2.75, 3.05) is 0 Å². The van der Waals surface area contributed by atoms with Gasteiger partial charge < -0.3 is 0 Å². The number of aromatic nitrogens is 2. The lowest BCUT2D eigenvalue weighted by Gasteiger charge is -2.20. The minimum absolute atomic E-state index is 0.0149. The van der Waals surface area contributed by atoms with E-state index in [1.807, 2.05) is 24.3 Å². The summed E-state index contributed by atoms with van der Waals surface area (Å²) >= 11 is 8.14. The number of nitrogens with zero attached hydrogens (tertiary/aromatic N) is 2. The number of hydrogen-bond donors (Lipinski definition) is 0. The van der Waals surface area contributed by atoms with Crippen molar-refractivity contribution in [1.82, 2.24) is 8.75 Å². The molecule has 1 heterocycles. The molecule has 39 heavy (non-hydrogen) atoms. The van der Waals surface area contributed by atoms with Gasteiger partial charge in [-0.2, -0.15) is 8.75 Å². The van der Waals surface area contributed by atoms with Crippen molar-refractivity contribution in [2.24, 2.45) is 0 Å². The van der Waals surface area contributed by atoms with E-state index in [-0.39, 0.29) is 11.1 Å². The predicted octanol–water partition coefficient (Wildman–Crippen LogP) is 12.4. The van der Waals surface area contributed by atoms with Crippen LogP contribution in [0.4, 0.5) is 8.78 Å². The maximum atomic E-state index is 16.2. The van der Waals surface area contributed by atoms with Gasteiger partial charge in [-0.25, -0.2) is 8.78 Å². The Labute approximate surface area is 257 Å². The largest absolute Gasteiger partial charge is 0.203 e. The summed E-state index contributed by atoms with van der Waals surface area (Å²) < 4.78 is 40.3. The number of benzene rings is 3. The average Bonchev–Trinajstić information content (AvgIpc) is 3.45. The van der Waals surface area contributed by atoms with Crippen LogP contribution in [0.15, 0.2) is 46.2 Å². The van der Waals surface area contributed by atoms with Crippen molar-refractivity contribution < 1.29 is 8.78 Å². The van der Waals surface area contributed by atoms with E-state index >= 15 is 8.78 Å². The molecule has 0 saturated heterocycles. The molecule has 0 bridgehead atoms. The zero-order valence-corrected chi connectivity index (χ0v) is 27.8. The van der Waals surface area contributed by atoms with Gasteiger partial charge in [0.05, 0.1) is 11.7 Å². The molecule has 9 heteroatoms. The van der Waals surface area contributed by atoms with Gasteiger partial charge in [-0.15, -0.1) is 0 Å². The van der Waals surface area contributed by atoms with Crippen molar-refractivity contribution in [3.8, 4) is 22.3 Å². The summed E-state index contributed by atoms with van der Waals surface area (Å²) in [6.07, 6.45) is 11.0. The lowest BCUT2D eigenvalue weighted by atomic mass is 9.89. The van der Waals surface area contributed by atoms with E-state index in [0.717, 1.165) is 64.8 Å². The SMILES string of the molecule is CCCCCCc1cccc(-c2c(F)c(F)c3nsnc3c2-c2cccc(CCCCCC)c2SBr)c1SBr. The highest BCUT2D eigenvalue weighted by Crippen LogP contribution is 2.49. The second-order valence-corrected chi connectivity index (χ2v) is 13.3. The van der Waals surface area contributed by atoms with Crippen molar-refractivity contribution in [2.45, 2.75) is 87.8 Å². The predicted molar refractivity (Wildman–Crippen MR) is 173 cm³/mol. The molecule has 0 spiro atoms. The number of halogens is 4.